The Balaban J connectivity index is 1.88. The van der Waals surface area contributed by atoms with Crippen LogP contribution in [0.2, 0.25) is 5.02 Å². The number of amides is 1. The molecule has 1 amide bonds. The van der Waals surface area contributed by atoms with Crippen molar-refractivity contribution in [2.75, 3.05) is 11.9 Å². The highest BCUT2D eigenvalue weighted by Gasteiger charge is 2.07. The molecule has 2 aromatic carbocycles. The Morgan fingerprint density at radius 1 is 1.22 bits per heavy atom. The molecule has 0 aliphatic rings. The summed E-state index contributed by atoms with van der Waals surface area (Å²) < 4.78 is 6.31. The molecular formula is C18H19BrClNO2. The van der Waals surface area contributed by atoms with Crippen molar-refractivity contribution in [2.45, 2.75) is 26.2 Å². The van der Waals surface area contributed by atoms with Crippen LogP contribution in [0.4, 0.5) is 5.69 Å². The van der Waals surface area contributed by atoms with Gasteiger partial charge in [-0.15, -0.1) is 0 Å². The van der Waals surface area contributed by atoms with Crippen LogP contribution < -0.4 is 10.1 Å². The van der Waals surface area contributed by atoms with E-state index in [-0.39, 0.29) is 12.5 Å². The molecule has 0 fully saturated rings. The molecule has 5 heteroatoms. The number of ether oxygens (including phenoxy) is 1. The van der Waals surface area contributed by atoms with Gasteiger partial charge in [0, 0.05) is 9.50 Å². The first-order chi connectivity index (χ1) is 11.1. The van der Waals surface area contributed by atoms with Crippen molar-refractivity contribution in [3.05, 3.63) is 57.5 Å². The molecule has 122 valence electrons. The zero-order valence-electron chi connectivity index (χ0n) is 12.9. The lowest BCUT2D eigenvalue weighted by Gasteiger charge is -2.10. The Bertz CT molecular complexity index is 659. The Kier molecular flexibility index (Phi) is 6.93. The highest BCUT2D eigenvalue weighted by Crippen LogP contribution is 2.24. The van der Waals surface area contributed by atoms with Crippen LogP contribution in [0.1, 0.15) is 25.3 Å². The molecule has 0 radical (unpaired) electrons. The fraction of sp³-hybridized carbons (Fsp3) is 0.278. The molecule has 3 nitrogen and oxygen atoms in total. The lowest BCUT2D eigenvalue weighted by molar-refractivity contribution is -0.118. The van der Waals surface area contributed by atoms with E-state index in [1.54, 1.807) is 24.3 Å². The van der Waals surface area contributed by atoms with E-state index in [0.29, 0.717) is 10.8 Å². The zero-order valence-corrected chi connectivity index (χ0v) is 15.3. The highest BCUT2D eigenvalue weighted by molar-refractivity contribution is 9.10. The highest BCUT2D eigenvalue weighted by atomic mass is 79.9. The summed E-state index contributed by atoms with van der Waals surface area (Å²) in [6, 6.07) is 12.9. The van der Waals surface area contributed by atoms with Gasteiger partial charge in [0.15, 0.2) is 6.61 Å². The van der Waals surface area contributed by atoms with E-state index in [2.05, 4.69) is 28.2 Å². The molecule has 2 aromatic rings. The van der Waals surface area contributed by atoms with Crippen molar-refractivity contribution in [1.29, 1.82) is 0 Å². The van der Waals surface area contributed by atoms with Gasteiger partial charge in [0.1, 0.15) is 5.75 Å². The predicted octanol–water partition coefficient (Wildman–Crippen LogP) is 5.46. The molecule has 0 aromatic heterocycles. The molecular weight excluding hydrogens is 378 g/mol. The number of carbonyl (C=O) groups excluding carboxylic acids is 1. The molecule has 0 heterocycles. The van der Waals surface area contributed by atoms with E-state index in [1.165, 1.54) is 5.56 Å². The third kappa shape index (κ3) is 5.88. The Morgan fingerprint density at radius 2 is 1.96 bits per heavy atom. The van der Waals surface area contributed by atoms with E-state index in [9.17, 15) is 4.79 Å². The fourth-order valence-electron chi connectivity index (χ4n) is 2.06. The van der Waals surface area contributed by atoms with E-state index >= 15 is 0 Å². The third-order valence-corrected chi connectivity index (χ3v) is 4.22. The number of anilines is 1. The van der Waals surface area contributed by atoms with Crippen LogP contribution in [-0.2, 0) is 11.2 Å². The van der Waals surface area contributed by atoms with Crippen LogP contribution in [0, 0.1) is 0 Å². The van der Waals surface area contributed by atoms with Crippen LogP contribution in [0.5, 0.6) is 5.75 Å². The van der Waals surface area contributed by atoms with E-state index in [0.717, 1.165) is 29.4 Å². The predicted molar refractivity (Wildman–Crippen MR) is 98.3 cm³/mol. The summed E-state index contributed by atoms with van der Waals surface area (Å²) in [6.45, 7) is 2.12. The molecule has 0 saturated heterocycles. The third-order valence-electron chi connectivity index (χ3n) is 3.31. The number of carbonyl (C=O) groups is 1. The summed E-state index contributed by atoms with van der Waals surface area (Å²) in [7, 11) is 0. The molecule has 0 atom stereocenters. The Morgan fingerprint density at radius 3 is 2.61 bits per heavy atom. The van der Waals surface area contributed by atoms with Gasteiger partial charge in [-0.05, 0) is 70.7 Å². The quantitative estimate of drug-likeness (QED) is 0.674. The van der Waals surface area contributed by atoms with Crippen molar-refractivity contribution in [1.82, 2.24) is 0 Å². The van der Waals surface area contributed by atoms with Crippen molar-refractivity contribution < 1.29 is 9.53 Å². The largest absolute Gasteiger partial charge is 0.484 e. The molecule has 0 spiro atoms. The number of nitrogens with one attached hydrogen (secondary N) is 1. The minimum absolute atomic E-state index is 0.0499. The summed E-state index contributed by atoms with van der Waals surface area (Å²) in [4.78, 5) is 12.0. The van der Waals surface area contributed by atoms with Crippen LogP contribution >= 0.6 is 27.5 Å². The number of hydrogen-bond acceptors (Lipinski definition) is 2. The zero-order chi connectivity index (χ0) is 16.7. The SMILES string of the molecule is CCCCc1ccc(NC(=O)COc2ccc(Cl)cc2)c(Br)c1. The molecule has 0 aliphatic carbocycles. The summed E-state index contributed by atoms with van der Waals surface area (Å²) in [5.41, 5.74) is 2.00. The summed E-state index contributed by atoms with van der Waals surface area (Å²) >= 11 is 9.30. The van der Waals surface area contributed by atoms with Gasteiger partial charge in [0.05, 0.1) is 5.69 Å². The molecule has 23 heavy (non-hydrogen) atoms. The number of aryl methyl sites for hydroxylation is 1. The molecule has 0 aliphatic heterocycles. The number of benzene rings is 2. The van der Waals surface area contributed by atoms with Gasteiger partial charge in [0.2, 0.25) is 0 Å². The summed E-state index contributed by atoms with van der Waals surface area (Å²) in [6.07, 6.45) is 3.37. The van der Waals surface area contributed by atoms with Crippen LogP contribution in [0.15, 0.2) is 46.9 Å². The second kappa shape index (κ2) is 8.94. The second-order valence-electron chi connectivity index (χ2n) is 5.21. The van der Waals surface area contributed by atoms with Gasteiger partial charge in [-0.1, -0.05) is 31.0 Å². The standard InChI is InChI=1S/C18H19BrClNO2/c1-2-3-4-13-5-10-17(16(19)11-13)21-18(22)12-23-15-8-6-14(20)7-9-15/h5-11H,2-4,12H2,1H3,(H,21,22). The molecule has 0 saturated carbocycles. The molecule has 1 N–H and O–H groups in total. The van der Waals surface area contributed by atoms with Crippen molar-refractivity contribution in [3.8, 4) is 5.75 Å². The van der Waals surface area contributed by atoms with Gasteiger partial charge in [-0.3, -0.25) is 4.79 Å². The maximum Gasteiger partial charge on any atom is 0.262 e. The Hall–Kier alpha value is -1.52. The topological polar surface area (TPSA) is 38.3 Å². The molecule has 0 bridgehead atoms. The van der Waals surface area contributed by atoms with E-state index in [4.69, 9.17) is 16.3 Å². The maximum absolute atomic E-state index is 12.0. The van der Waals surface area contributed by atoms with Crippen molar-refractivity contribution in [2.24, 2.45) is 0 Å². The normalized spacial score (nSPS) is 10.4. The smallest absolute Gasteiger partial charge is 0.262 e. The lowest BCUT2D eigenvalue weighted by Crippen LogP contribution is -2.20. The average Bonchev–Trinajstić information content (AvgIpc) is 2.54. The van der Waals surface area contributed by atoms with Gasteiger partial charge < -0.3 is 10.1 Å². The lowest BCUT2D eigenvalue weighted by atomic mass is 10.1. The average molecular weight is 397 g/mol. The number of halogens is 2. The van der Waals surface area contributed by atoms with E-state index in [1.807, 2.05) is 18.2 Å². The number of rotatable bonds is 7. The number of hydrogen-bond donors (Lipinski definition) is 1. The van der Waals surface area contributed by atoms with Gasteiger partial charge in [0.25, 0.3) is 5.91 Å². The number of unbranched alkanes of at least 4 members (excludes halogenated alkanes) is 1. The first-order valence-electron chi connectivity index (χ1n) is 7.55. The first kappa shape index (κ1) is 17.8. The molecule has 0 unspecified atom stereocenters. The van der Waals surface area contributed by atoms with Gasteiger partial charge in [-0.2, -0.15) is 0 Å². The fourth-order valence-corrected chi connectivity index (χ4v) is 2.71. The van der Waals surface area contributed by atoms with Crippen LogP contribution in [-0.4, -0.2) is 12.5 Å². The first-order valence-corrected chi connectivity index (χ1v) is 8.72. The van der Waals surface area contributed by atoms with Crippen molar-refractivity contribution in [3.63, 3.8) is 0 Å². The molecule has 2 rings (SSSR count). The summed E-state index contributed by atoms with van der Waals surface area (Å²) in [5.74, 6) is 0.403. The van der Waals surface area contributed by atoms with Crippen molar-refractivity contribution >= 4 is 39.1 Å². The van der Waals surface area contributed by atoms with Gasteiger partial charge in [-0.25, -0.2) is 0 Å². The van der Waals surface area contributed by atoms with E-state index < -0.39 is 0 Å². The summed E-state index contributed by atoms with van der Waals surface area (Å²) in [5, 5.41) is 3.47. The second-order valence-corrected chi connectivity index (χ2v) is 6.50. The monoisotopic (exact) mass is 395 g/mol. The Labute approximate surface area is 150 Å². The maximum atomic E-state index is 12.0. The van der Waals surface area contributed by atoms with Gasteiger partial charge >= 0.3 is 0 Å². The minimum Gasteiger partial charge on any atom is -0.484 e. The minimum atomic E-state index is -0.207. The van der Waals surface area contributed by atoms with Crippen LogP contribution in [0.3, 0.4) is 0 Å². The van der Waals surface area contributed by atoms with Crippen LogP contribution in [0.25, 0.3) is 0 Å².